The van der Waals surface area contributed by atoms with Crippen molar-refractivity contribution in [3.63, 3.8) is 0 Å². The van der Waals surface area contributed by atoms with Crippen LogP contribution in [0.5, 0.6) is 0 Å². The van der Waals surface area contributed by atoms with Gasteiger partial charge >= 0.3 is 0 Å². The molecule has 0 amide bonds. The zero-order valence-electron chi connectivity index (χ0n) is 22.4. The van der Waals surface area contributed by atoms with Crippen molar-refractivity contribution < 1.29 is 4.74 Å². The van der Waals surface area contributed by atoms with Crippen molar-refractivity contribution in [1.82, 2.24) is 9.80 Å². The second kappa shape index (κ2) is 20.9. The second-order valence-electron chi connectivity index (χ2n) is 10.7. The highest BCUT2D eigenvalue weighted by atomic mass is 16.5. The minimum atomic E-state index is 0.324. The molecule has 3 heteroatoms. The van der Waals surface area contributed by atoms with Crippen LogP contribution in [0.25, 0.3) is 0 Å². The van der Waals surface area contributed by atoms with Gasteiger partial charge in [-0.15, -0.1) is 0 Å². The number of allylic oxidation sites excluding steroid dienone is 2. The van der Waals surface area contributed by atoms with Crippen LogP contribution < -0.4 is 0 Å². The molecule has 0 aliphatic carbocycles. The zero-order valence-corrected chi connectivity index (χ0v) is 22.4. The van der Waals surface area contributed by atoms with Gasteiger partial charge < -0.3 is 9.64 Å². The molecule has 1 unspecified atom stereocenters. The van der Waals surface area contributed by atoms with Crippen LogP contribution in [0, 0.1) is 0 Å². The fourth-order valence-electron chi connectivity index (χ4n) is 5.48. The van der Waals surface area contributed by atoms with Gasteiger partial charge in [-0.25, -0.2) is 0 Å². The van der Waals surface area contributed by atoms with Gasteiger partial charge in [-0.1, -0.05) is 89.7 Å². The van der Waals surface area contributed by atoms with E-state index < -0.39 is 0 Å². The number of unbranched alkanes of at least 4 members (excludes halogenated alkanes) is 3. The molecule has 1 atom stereocenters. The monoisotopic (exact) mass is 462 g/mol. The molecule has 194 valence electrons. The third-order valence-electron chi connectivity index (χ3n) is 7.65. The Morgan fingerprint density at radius 3 is 1.79 bits per heavy atom. The number of nitrogens with zero attached hydrogens (tertiary/aromatic N) is 2. The van der Waals surface area contributed by atoms with Gasteiger partial charge in [0.1, 0.15) is 6.23 Å². The average molecular weight is 463 g/mol. The molecule has 1 saturated heterocycles. The summed E-state index contributed by atoms with van der Waals surface area (Å²) in [4.78, 5) is 5.51. The molecule has 0 aromatic carbocycles. The maximum absolute atomic E-state index is 6.57. The van der Waals surface area contributed by atoms with Crippen molar-refractivity contribution in [2.45, 2.75) is 142 Å². The lowest BCUT2D eigenvalue weighted by Gasteiger charge is -2.32. The van der Waals surface area contributed by atoms with Crippen LogP contribution in [-0.2, 0) is 4.74 Å². The predicted molar refractivity (Wildman–Crippen MR) is 145 cm³/mol. The van der Waals surface area contributed by atoms with Gasteiger partial charge in [-0.3, -0.25) is 4.90 Å². The van der Waals surface area contributed by atoms with E-state index in [1.807, 2.05) is 0 Å². The molecule has 0 radical (unpaired) electrons. The topological polar surface area (TPSA) is 15.7 Å². The van der Waals surface area contributed by atoms with E-state index in [1.54, 1.807) is 0 Å². The van der Waals surface area contributed by atoms with Crippen molar-refractivity contribution in [3.05, 3.63) is 12.2 Å². The number of hydrogen-bond donors (Lipinski definition) is 0. The van der Waals surface area contributed by atoms with Crippen molar-refractivity contribution in [3.8, 4) is 0 Å². The van der Waals surface area contributed by atoms with Gasteiger partial charge in [-0.05, 0) is 77.4 Å². The van der Waals surface area contributed by atoms with Crippen LogP contribution in [0.3, 0.4) is 0 Å². The van der Waals surface area contributed by atoms with Crippen molar-refractivity contribution in [1.29, 1.82) is 0 Å². The summed E-state index contributed by atoms with van der Waals surface area (Å²) in [5, 5.41) is 0. The molecule has 1 fully saturated rings. The van der Waals surface area contributed by atoms with Crippen molar-refractivity contribution in [2.75, 3.05) is 39.3 Å². The molecule has 3 rings (SSSR count). The van der Waals surface area contributed by atoms with Crippen LogP contribution in [0.2, 0.25) is 0 Å². The summed E-state index contributed by atoms with van der Waals surface area (Å²) in [6.45, 7) is 9.65. The van der Waals surface area contributed by atoms with Crippen molar-refractivity contribution in [2.24, 2.45) is 0 Å². The van der Waals surface area contributed by atoms with Gasteiger partial charge in [0.25, 0.3) is 0 Å². The molecular formula is C30H58N2O. The van der Waals surface area contributed by atoms with E-state index in [0.717, 1.165) is 13.0 Å². The Morgan fingerprint density at radius 1 is 0.606 bits per heavy atom. The Hall–Kier alpha value is -0.380. The van der Waals surface area contributed by atoms with Gasteiger partial charge in [-0.2, -0.15) is 0 Å². The summed E-state index contributed by atoms with van der Waals surface area (Å²) in [6.07, 6.45) is 32.1. The first kappa shape index (κ1) is 28.9. The SMILES string of the molecule is CCCCCCOC1CC/C=C/CCCN2CCCCCCCCN1CCCCCCCC2. The summed E-state index contributed by atoms with van der Waals surface area (Å²) in [5.74, 6) is 0. The van der Waals surface area contributed by atoms with E-state index in [-0.39, 0.29) is 0 Å². The Kier molecular flexibility index (Phi) is 18.3. The Morgan fingerprint density at radius 2 is 1.15 bits per heavy atom. The maximum atomic E-state index is 6.57. The Labute approximate surface area is 207 Å². The highest BCUT2D eigenvalue weighted by Gasteiger charge is 2.18. The van der Waals surface area contributed by atoms with E-state index in [2.05, 4.69) is 28.9 Å². The summed E-state index contributed by atoms with van der Waals surface area (Å²) >= 11 is 0. The lowest BCUT2D eigenvalue weighted by molar-refractivity contribution is -0.0661. The molecule has 3 aliphatic rings. The van der Waals surface area contributed by atoms with Gasteiger partial charge in [0.05, 0.1) is 0 Å². The van der Waals surface area contributed by atoms with E-state index >= 15 is 0 Å². The summed E-state index contributed by atoms with van der Waals surface area (Å²) in [6, 6.07) is 0. The molecule has 3 nitrogen and oxygen atoms in total. The molecule has 3 aliphatic heterocycles. The molecule has 0 spiro atoms. The highest BCUT2D eigenvalue weighted by Crippen LogP contribution is 2.17. The normalized spacial score (nSPS) is 29.3. The molecule has 33 heavy (non-hydrogen) atoms. The molecule has 0 N–H and O–H groups in total. The van der Waals surface area contributed by atoms with E-state index in [1.165, 1.54) is 155 Å². The zero-order chi connectivity index (χ0) is 23.2. The third kappa shape index (κ3) is 15.3. The van der Waals surface area contributed by atoms with Crippen LogP contribution >= 0.6 is 0 Å². The number of rotatable bonds is 6. The number of ether oxygens (including phenoxy) is 1. The Balaban J connectivity index is 2.01. The van der Waals surface area contributed by atoms with Crippen LogP contribution in [-0.4, -0.2) is 55.4 Å². The molecule has 2 bridgehead atoms. The van der Waals surface area contributed by atoms with Gasteiger partial charge in [0.2, 0.25) is 0 Å². The van der Waals surface area contributed by atoms with Crippen molar-refractivity contribution >= 4 is 0 Å². The van der Waals surface area contributed by atoms with E-state index in [0.29, 0.717) is 6.23 Å². The first-order valence-corrected chi connectivity index (χ1v) is 15.1. The fourth-order valence-corrected chi connectivity index (χ4v) is 5.48. The van der Waals surface area contributed by atoms with Gasteiger partial charge in [0, 0.05) is 19.7 Å². The predicted octanol–water partition coefficient (Wildman–Crippen LogP) is 8.34. The summed E-state index contributed by atoms with van der Waals surface area (Å²) in [7, 11) is 0. The lowest BCUT2D eigenvalue weighted by atomic mass is 10.1. The minimum absolute atomic E-state index is 0.324. The first-order chi connectivity index (χ1) is 16.4. The van der Waals surface area contributed by atoms with Crippen LogP contribution in [0.15, 0.2) is 12.2 Å². The fraction of sp³-hybridized carbons (Fsp3) is 0.933. The molecule has 0 aromatic heterocycles. The molecule has 3 heterocycles. The maximum Gasteiger partial charge on any atom is 0.110 e. The standard InChI is InChI=1S/C30H58N2O/c1-2-3-4-22-29-33-30-23-16-10-9-13-19-26-31-24-17-11-5-7-14-20-27-32(30)28-21-15-8-6-12-18-25-31/h9-10,30H,2-8,11-29H2,1H3/b10-9+. The second-order valence-corrected chi connectivity index (χ2v) is 10.7. The number of hydrogen-bond acceptors (Lipinski definition) is 3. The first-order valence-electron chi connectivity index (χ1n) is 15.1. The van der Waals surface area contributed by atoms with E-state index in [4.69, 9.17) is 4.74 Å². The molecular weight excluding hydrogens is 404 g/mol. The smallest absolute Gasteiger partial charge is 0.110 e. The summed E-state index contributed by atoms with van der Waals surface area (Å²) < 4.78 is 6.57. The summed E-state index contributed by atoms with van der Waals surface area (Å²) in [5.41, 5.74) is 0. The van der Waals surface area contributed by atoms with Crippen LogP contribution in [0.4, 0.5) is 0 Å². The van der Waals surface area contributed by atoms with Crippen LogP contribution in [0.1, 0.15) is 135 Å². The largest absolute Gasteiger partial charge is 0.363 e. The third-order valence-corrected chi connectivity index (χ3v) is 7.65. The molecule has 0 aromatic rings. The molecule has 0 saturated carbocycles. The van der Waals surface area contributed by atoms with Gasteiger partial charge in [0.15, 0.2) is 0 Å². The minimum Gasteiger partial charge on any atom is -0.363 e. The average Bonchev–Trinajstić information content (AvgIpc) is 2.82. The van der Waals surface area contributed by atoms with E-state index in [9.17, 15) is 0 Å². The Bertz CT molecular complexity index is 433. The number of fused-ring (bicyclic) bond motifs is 20. The highest BCUT2D eigenvalue weighted by molar-refractivity contribution is 4.83. The lowest BCUT2D eigenvalue weighted by Crippen LogP contribution is -2.39. The quantitative estimate of drug-likeness (QED) is 0.291.